The van der Waals surface area contributed by atoms with Gasteiger partial charge in [-0.1, -0.05) is 18.2 Å². The number of aliphatic carboxylic acids is 1. The van der Waals surface area contributed by atoms with E-state index >= 15 is 0 Å². The van der Waals surface area contributed by atoms with Gasteiger partial charge in [0.1, 0.15) is 12.6 Å². The number of hydroxylamine groups is 2. The van der Waals surface area contributed by atoms with Gasteiger partial charge in [0.2, 0.25) is 0 Å². The molecule has 0 spiro atoms. The normalized spacial score (nSPS) is 26.3. The molecule has 0 aliphatic carbocycles. The van der Waals surface area contributed by atoms with Crippen molar-refractivity contribution in [1.29, 1.82) is 0 Å². The van der Waals surface area contributed by atoms with E-state index in [4.69, 9.17) is 9.57 Å². The lowest BCUT2D eigenvalue weighted by molar-refractivity contribution is -0.256. The Labute approximate surface area is 136 Å². The molecule has 1 aromatic carbocycles. The molecule has 2 saturated heterocycles. The van der Waals surface area contributed by atoms with Crippen molar-refractivity contribution in [2.45, 2.75) is 24.6 Å². The van der Waals surface area contributed by atoms with Crippen LogP contribution in [0.5, 0.6) is 0 Å². The zero-order valence-corrected chi connectivity index (χ0v) is 12.4. The quantitative estimate of drug-likeness (QED) is 0.723. The van der Waals surface area contributed by atoms with E-state index in [2.05, 4.69) is 5.32 Å². The van der Waals surface area contributed by atoms with Crippen molar-refractivity contribution < 1.29 is 33.9 Å². The van der Waals surface area contributed by atoms with Gasteiger partial charge in [0, 0.05) is 12.0 Å². The first-order valence-electron chi connectivity index (χ1n) is 7.22. The second-order valence-corrected chi connectivity index (χ2v) is 5.38. The summed E-state index contributed by atoms with van der Waals surface area (Å²) in [6.07, 6.45) is -0.354. The molecule has 24 heavy (non-hydrogen) atoms. The summed E-state index contributed by atoms with van der Waals surface area (Å²) in [4.78, 5) is 52.5. The molecule has 2 amide bonds. The van der Waals surface area contributed by atoms with Crippen LogP contribution < -0.4 is 5.32 Å². The first-order valence-corrected chi connectivity index (χ1v) is 7.22. The number of carboxylic acids is 1. The van der Waals surface area contributed by atoms with Gasteiger partial charge in [0.15, 0.2) is 0 Å². The summed E-state index contributed by atoms with van der Waals surface area (Å²) in [5.41, 5.74) is -1.83. The van der Waals surface area contributed by atoms with E-state index in [0.29, 0.717) is 10.6 Å². The zero-order chi connectivity index (χ0) is 17.3. The van der Waals surface area contributed by atoms with Crippen LogP contribution >= 0.6 is 0 Å². The van der Waals surface area contributed by atoms with E-state index in [1.165, 1.54) is 0 Å². The minimum atomic E-state index is -2.18. The highest BCUT2D eigenvalue weighted by molar-refractivity contribution is 5.99. The highest BCUT2D eigenvalue weighted by Crippen LogP contribution is 2.34. The van der Waals surface area contributed by atoms with E-state index in [1.807, 2.05) is 0 Å². The summed E-state index contributed by atoms with van der Waals surface area (Å²) in [6, 6.07) is 7.17. The van der Waals surface area contributed by atoms with Gasteiger partial charge in [0.05, 0.1) is 6.42 Å². The third-order valence-corrected chi connectivity index (χ3v) is 3.82. The Bertz CT molecular complexity index is 705. The number of benzene rings is 1. The van der Waals surface area contributed by atoms with Crippen LogP contribution in [0.2, 0.25) is 0 Å². The van der Waals surface area contributed by atoms with Gasteiger partial charge < -0.3 is 15.2 Å². The van der Waals surface area contributed by atoms with Crippen LogP contribution in [0, 0.1) is 0 Å². The molecule has 2 aliphatic rings. The van der Waals surface area contributed by atoms with E-state index in [0.717, 1.165) is 0 Å². The van der Waals surface area contributed by atoms with Gasteiger partial charge in [-0.25, -0.2) is 4.79 Å². The highest BCUT2D eigenvalue weighted by Gasteiger charge is 2.59. The SMILES string of the molecule is O=C1CCC(C(=O)O)(N2OC[C@H](NC(=O)c3ccccc3)C2=O)O1. The number of rotatable bonds is 4. The number of cyclic esters (lactones) is 1. The standard InChI is InChI=1S/C15H14N2O7/c18-11-6-7-15(24-11,14(21)22)17-13(20)10(8-23-17)16-12(19)9-4-2-1-3-5-9/h1-5,10H,6-8H2,(H,16,19)(H,21,22)/t10-,15?/m0/s1. The van der Waals surface area contributed by atoms with Crippen molar-refractivity contribution in [3.8, 4) is 0 Å². The number of hydrogen-bond acceptors (Lipinski definition) is 6. The van der Waals surface area contributed by atoms with Gasteiger partial charge in [0.25, 0.3) is 11.8 Å². The summed E-state index contributed by atoms with van der Waals surface area (Å²) >= 11 is 0. The lowest BCUT2D eigenvalue weighted by atomic mass is 10.1. The molecule has 9 nitrogen and oxygen atoms in total. The summed E-state index contributed by atoms with van der Waals surface area (Å²) in [7, 11) is 0. The number of esters is 1. The summed E-state index contributed by atoms with van der Waals surface area (Å²) in [5, 5.41) is 12.4. The molecule has 0 radical (unpaired) electrons. The molecule has 0 aromatic heterocycles. The van der Waals surface area contributed by atoms with Crippen molar-refractivity contribution in [2.24, 2.45) is 0 Å². The van der Waals surface area contributed by atoms with Gasteiger partial charge in [-0.2, -0.15) is 5.06 Å². The van der Waals surface area contributed by atoms with Crippen molar-refractivity contribution >= 4 is 23.8 Å². The van der Waals surface area contributed by atoms with Crippen LogP contribution in [0.3, 0.4) is 0 Å². The fraction of sp³-hybridized carbons (Fsp3) is 0.333. The minimum absolute atomic E-state index is 0.138. The summed E-state index contributed by atoms with van der Waals surface area (Å²) in [5.74, 6) is -3.51. The van der Waals surface area contributed by atoms with E-state index in [9.17, 15) is 24.3 Å². The number of hydrogen-bond donors (Lipinski definition) is 2. The molecule has 0 saturated carbocycles. The van der Waals surface area contributed by atoms with Gasteiger partial charge in [-0.05, 0) is 12.1 Å². The number of nitrogens with one attached hydrogen (secondary N) is 1. The van der Waals surface area contributed by atoms with Crippen LogP contribution in [-0.4, -0.2) is 52.3 Å². The molecule has 2 atom stereocenters. The van der Waals surface area contributed by atoms with Crippen LogP contribution in [0.4, 0.5) is 0 Å². The second-order valence-electron chi connectivity index (χ2n) is 5.38. The zero-order valence-electron chi connectivity index (χ0n) is 12.4. The maximum atomic E-state index is 12.4. The molecule has 9 heteroatoms. The van der Waals surface area contributed by atoms with Crippen molar-refractivity contribution in [3.05, 3.63) is 35.9 Å². The number of nitrogens with zero attached hydrogens (tertiary/aromatic N) is 1. The summed E-state index contributed by atoms with van der Waals surface area (Å²) in [6.45, 7) is -0.246. The molecule has 3 rings (SSSR count). The number of carboxylic acid groups (broad SMARTS) is 1. The molecule has 126 valence electrons. The van der Waals surface area contributed by atoms with E-state index < -0.39 is 35.5 Å². The number of ether oxygens (including phenoxy) is 1. The molecular weight excluding hydrogens is 320 g/mol. The Morgan fingerprint density at radius 3 is 2.54 bits per heavy atom. The molecule has 0 bridgehead atoms. The first-order chi connectivity index (χ1) is 11.4. The Balaban J connectivity index is 1.74. The number of carbonyl (C=O) groups excluding carboxylic acids is 3. The van der Waals surface area contributed by atoms with Crippen molar-refractivity contribution in [2.75, 3.05) is 6.61 Å². The first kappa shape index (κ1) is 15.9. The van der Waals surface area contributed by atoms with E-state index in [-0.39, 0.29) is 19.4 Å². The third kappa shape index (κ3) is 2.58. The Morgan fingerprint density at radius 1 is 1.25 bits per heavy atom. The molecule has 1 unspecified atom stereocenters. The minimum Gasteiger partial charge on any atom is -0.477 e. The highest BCUT2D eigenvalue weighted by atomic mass is 16.7. The topological polar surface area (TPSA) is 122 Å². The average Bonchev–Trinajstić information content (AvgIpc) is 3.13. The van der Waals surface area contributed by atoms with Gasteiger partial charge in [-0.15, -0.1) is 0 Å². The summed E-state index contributed by atoms with van der Waals surface area (Å²) < 4.78 is 4.83. The Kier molecular flexibility index (Phi) is 3.94. The predicted molar refractivity (Wildman–Crippen MR) is 76.2 cm³/mol. The molecule has 2 aliphatic heterocycles. The lowest BCUT2D eigenvalue weighted by Gasteiger charge is -2.30. The third-order valence-electron chi connectivity index (χ3n) is 3.82. The molecule has 2 N–H and O–H groups in total. The van der Waals surface area contributed by atoms with Crippen molar-refractivity contribution in [1.82, 2.24) is 10.4 Å². The van der Waals surface area contributed by atoms with Crippen molar-refractivity contribution in [3.63, 3.8) is 0 Å². The van der Waals surface area contributed by atoms with Crippen LogP contribution in [0.1, 0.15) is 23.2 Å². The van der Waals surface area contributed by atoms with E-state index in [1.54, 1.807) is 30.3 Å². The second kappa shape index (κ2) is 5.93. The maximum absolute atomic E-state index is 12.4. The maximum Gasteiger partial charge on any atom is 0.372 e. The molecule has 2 fully saturated rings. The molecular formula is C15H14N2O7. The van der Waals surface area contributed by atoms with Crippen LogP contribution in [0.15, 0.2) is 30.3 Å². The van der Waals surface area contributed by atoms with Crippen LogP contribution in [0.25, 0.3) is 0 Å². The lowest BCUT2D eigenvalue weighted by Crippen LogP contribution is -2.56. The molecule has 1 aromatic rings. The largest absolute Gasteiger partial charge is 0.477 e. The predicted octanol–water partition coefficient (Wildman–Crippen LogP) is -0.323. The average molecular weight is 334 g/mol. The fourth-order valence-corrected chi connectivity index (χ4v) is 2.58. The smallest absolute Gasteiger partial charge is 0.372 e. The van der Waals surface area contributed by atoms with Gasteiger partial charge >= 0.3 is 17.7 Å². The monoisotopic (exact) mass is 334 g/mol. The Hall–Kier alpha value is -2.94. The van der Waals surface area contributed by atoms with Crippen LogP contribution in [-0.2, 0) is 24.0 Å². The number of amides is 2. The molecule has 2 heterocycles. The number of carbonyl (C=O) groups is 4. The van der Waals surface area contributed by atoms with Gasteiger partial charge in [-0.3, -0.25) is 19.2 Å². The fourth-order valence-electron chi connectivity index (χ4n) is 2.58. The Morgan fingerprint density at radius 2 is 1.96 bits per heavy atom.